The van der Waals surface area contributed by atoms with Crippen molar-refractivity contribution in [2.24, 2.45) is 0 Å². The van der Waals surface area contributed by atoms with Crippen molar-refractivity contribution >= 4 is 51.6 Å². The summed E-state index contributed by atoms with van der Waals surface area (Å²) in [4.78, 5) is 14.2. The Morgan fingerprint density at radius 3 is 2.31 bits per heavy atom. The maximum absolute atomic E-state index is 10.5. The first-order valence-electron chi connectivity index (χ1n) is 3.05. The normalized spacial score (nSPS) is 8.62. The van der Waals surface area contributed by atoms with Gasteiger partial charge in [-0.3, -0.25) is 4.79 Å². The molecule has 0 aliphatic heterocycles. The summed E-state index contributed by atoms with van der Waals surface area (Å²) in [6, 6.07) is 3.12. The number of aromatic nitrogens is 1. The van der Waals surface area contributed by atoms with E-state index in [-0.39, 0.29) is 16.1 Å². The zero-order chi connectivity index (χ0) is 10.3. The van der Waals surface area contributed by atoms with Crippen molar-refractivity contribution < 1.29 is 4.79 Å². The zero-order valence-corrected chi connectivity index (χ0v) is 9.33. The number of hydrogen-bond donors (Lipinski definition) is 0. The third-order valence-corrected chi connectivity index (χ3v) is 1.48. The molecular weight excluding hydrogens is 256 g/mol. The van der Waals surface area contributed by atoms with E-state index in [0.717, 1.165) is 0 Å². The maximum atomic E-state index is 10.5. The van der Waals surface area contributed by atoms with Gasteiger partial charge in [-0.1, -0.05) is 11.6 Å². The first-order valence-corrected chi connectivity index (χ1v) is 4.88. The highest BCUT2D eigenvalue weighted by atomic mass is 35.5. The summed E-state index contributed by atoms with van der Waals surface area (Å²) in [6.07, 6.45) is 1.49. The number of pyridine rings is 1. The molecule has 1 heterocycles. The van der Waals surface area contributed by atoms with Gasteiger partial charge in [0.1, 0.15) is 5.15 Å². The molecule has 2 nitrogen and oxygen atoms in total. The van der Waals surface area contributed by atoms with Crippen LogP contribution in [0.2, 0.25) is 5.15 Å². The molecule has 0 aromatic carbocycles. The highest BCUT2D eigenvalue weighted by Crippen LogP contribution is 2.13. The van der Waals surface area contributed by atoms with Gasteiger partial charge >= 0.3 is 0 Å². The number of carbonyl (C=O) groups excluding carboxylic acids is 1. The third kappa shape index (κ3) is 5.32. The van der Waals surface area contributed by atoms with Crippen molar-refractivity contribution in [2.75, 3.05) is 5.34 Å². The van der Waals surface area contributed by atoms with Crippen LogP contribution in [0.25, 0.3) is 0 Å². The van der Waals surface area contributed by atoms with Crippen LogP contribution in [0, 0.1) is 0 Å². The molecule has 72 valence electrons. The van der Waals surface area contributed by atoms with Crippen molar-refractivity contribution in [3.05, 3.63) is 29.0 Å². The summed E-state index contributed by atoms with van der Waals surface area (Å²) in [7, 11) is 0. The Bertz CT molecular complexity index is 279. The van der Waals surface area contributed by atoms with E-state index >= 15 is 0 Å². The molecule has 1 rings (SSSR count). The first-order chi connectivity index (χ1) is 6.13. The van der Waals surface area contributed by atoms with Gasteiger partial charge < -0.3 is 0 Å². The van der Waals surface area contributed by atoms with E-state index in [1.165, 1.54) is 12.3 Å². The number of hydrogen-bond acceptors (Lipinski definition) is 2. The predicted octanol–water partition coefficient (Wildman–Crippen LogP) is 3.54. The molecule has 0 spiro atoms. The maximum Gasteiger partial charge on any atom is 0.255 e. The van der Waals surface area contributed by atoms with Crippen LogP contribution < -0.4 is 0 Å². The van der Waals surface area contributed by atoms with E-state index in [1.807, 2.05) is 0 Å². The van der Waals surface area contributed by atoms with Crippen molar-refractivity contribution in [2.45, 2.75) is 0 Å². The standard InChI is InChI=1S/C6H3Cl2NO.CH2Cl2/c7-5-4(6(8)10)2-1-3-9-5;2-1-3/h1-3H;1H2. The molecule has 0 aliphatic rings. The highest BCUT2D eigenvalue weighted by Gasteiger charge is 2.05. The SMILES string of the molecule is ClCCl.O=C(Cl)c1cccnc1Cl. The van der Waals surface area contributed by atoms with Crippen LogP contribution in [0.3, 0.4) is 0 Å². The minimum atomic E-state index is -0.585. The van der Waals surface area contributed by atoms with Gasteiger partial charge in [-0.15, -0.1) is 23.2 Å². The minimum absolute atomic E-state index is 0.141. The van der Waals surface area contributed by atoms with Gasteiger partial charge in [0.25, 0.3) is 5.24 Å². The van der Waals surface area contributed by atoms with E-state index in [0.29, 0.717) is 0 Å². The largest absolute Gasteiger partial charge is 0.275 e. The lowest BCUT2D eigenvalue weighted by atomic mass is 10.3. The average molecular weight is 261 g/mol. The van der Waals surface area contributed by atoms with E-state index in [2.05, 4.69) is 4.98 Å². The Labute approximate surface area is 95.8 Å². The molecule has 0 saturated heterocycles. The van der Waals surface area contributed by atoms with Gasteiger partial charge in [0, 0.05) is 6.20 Å². The molecule has 0 fully saturated rings. The Hall–Kier alpha value is -0.0200. The van der Waals surface area contributed by atoms with Crippen LogP contribution in [-0.2, 0) is 0 Å². The molecule has 0 atom stereocenters. The summed E-state index contributed by atoms with van der Waals surface area (Å²) < 4.78 is 0. The molecule has 0 radical (unpaired) electrons. The first kappa shape index (κ1) is 13.0. The molecule has 1 aromatic heterocycles. The van der Waals surface area contributed by atoms with Crippen molar-refractivity contribution in [1.82, 2.24) is 4.98 Å². The summed E-state index contributed by atoms with van der Waals surface area (Å²) in [5.41, 5.74) is 0.242. The lowest BCUT2D eigenvalue weighted by Crippen LogP contribution is -1.90. The Balaban J connectivity index is 0.000000424. The average Bonchev–Trinajstić information content (AvgIpc) is 2.06. The summed E-state index contributed by atoms with van der Waals surface area (Å²) in [5, 5.41) is -0.249. The molecule has 0 unspecified atom stereocenters. The minimum Gasteiger partial charge on any atom is -0.275 e. The molecule has 0 aliphatic carbocycles. The fraction of sp³-hybridized carbons (Fsp3) is 0.143. The van der Waals surface area contributed by atoms with E-state index < -0.39 is 5.24 Å². The van der Waals surface area contributed by atoms with Gasteiger partial charge in [0.15, 0.2) is 0 Å². The van der Waals surface area contributed by atoms with Gasteiger partial charge in [0.2, 0.25) is 0 Å². The topological polar surface area (TPSA) is 30.0 Å². The zero-order valence-electron chi connectivity index (χ0n) is 6.31. The fourth-order valence-electron chi connectivity index (χ4n) is 0.533. The monoisotopic (exact) mass is 259 g/mol. The molecule has 6 heteroatoms. The lowest BCUT2D eigenvalue weighted by Gasteiger charge is -1.92. The second-order valence-corrected chi connectivity index (χ2v) is 3.23. The Kier molecular flexibility index (Phi) is 7.38. The number of carbonyl (C=O) groups is 1. The smallest absolute Gasteiger partial charge is 0.255 e. The predicted molar refractivity (Wildman–Crippen MR) is 56.0 cm³/mol. The van der Waals surface area contributed by atoms with Crippen LogP contribution >= 0.6 is 46.4 Å². The summed E-state index contributed by atoms with van der Waals surface area (Å²) >= 11 is 20.2. The number of halogens is 4. The van der Waals surface area contributed by atoms with Crippen LogP contribution in [0.1, 0.15) is 10.4 Å². The van der Waals surface area contributed by atoms with Gasteiger partial charge in [-0.05, 0) is 23.7 Å². The van der Waals surface area contributed by atoms with Crippen molar-refractivity contribution in [3.8, 4) is 0 Å². The van der Waals surface area contributed by atoms with Gasteiger partial charge in [0.05, 0.1) is 10.9 Å². The lowest BCUT2D eigenvalue weighted by molar-refractivity contribution is 0.108. The molecule has 1 aromatic rings. The second kappa shape index (κ2) is 7.39. The molecule has 0 N–H and O–H groups in total. The van der Waals surface area contributed by atoms with E-state index in [4.69, 9.17) is 46.4 Å². The van der Waals surface area contributed by atoms with Crippen LogP contribution in [-0.4, -0.2) is 15.6 Å². The molecule has 0 saturated carbocycles. The van der Waals surface area contributed by atoms with Gasteiger partial charge in [-0.25, -0.2) is 4.98 Å². The third-order valence-electron chi connectivity index (χ3n) is 0.971. The molecule has 0 bridgehead atoms. The van der Waals surface area contributed by atoms with Crippen molar-refractivity contribution in [1.29, 1.82) is 0 Å². The Morgan fingerprint density at radius 1 is 1.46 bits per heavy atom. The van der Waals surface area contributed by atoms with Crippen LogP contribution in [0.5, 0.6) is 0 Å². The number of nitrogens with zero attached hydrogens (tertiary/aromatic N) is 1. The van der Waals surface area contributed by atoms with Crippen molar-refractivity contribution in [3.63, 3.8) is 0 Å². The van der Waals surface area contributed by atoms with Crippen LogP contribution in [0.15, 0.2) is 18.3 Å². The van der Waals surface area contributed by atoms with E-state index in [1.54, 1.807) is 6.07 Å². The number of alkyl halides is 2. The second-order valence-electron chi connectivity index (χ2n) is 1.72. The number of rotatable bonds is 1. The quantitative estimate of drug-likeness (QED) is 0.439. The van der Waals surface area contributed by atoms with E-state index in [9.17, 15) is 4.79 Å². The summed E-state index contributed by atoms with van der Waals surface area (Å²) in [6.45, 7) is 0. The molecule has 13 heavy (non-hydrogen) atoms. The summed E-state index contributed by atoms with van der Waals surface area (Å²) in [5.74, 6) is 0. The molecular formula is C7H5Cl4NO. The molecule has 0 amide bonds. The Morgan fingerprint density at radius 2 is 2.00 bits per heavy atom. The highest BCUT2D eigenvalue weighted by molar-refractivity contribution is 6.68. The van der Waals surface area contributed by atoms with Crippen LogP contribution in [0.4, 0.5) is 0 Å². The fourth-order valence-corrected chi connectivity index (χ4v) is 0.939. The van der Waals surface area contributed by atoms with Gasteiger partial charge in [-0.2, -0.15) is 0 Å².